The molecule has 1 fully saturated rings. The quantitative estimate of drug-likeness (QED) is 0.0262. The van der Waals surface area contributed by atoms with Gasteiger partial charge in [0.15, 0.2) is 6.29 Å². The van der Waals surface area contributed by atoms with Gasteiger partial charge in [-0.1, -0.05) is 195 Å². The summed E-state index contributed by atoms with van der Waals surface area (Å²) in [6, 6.07) is -0.864. The molecule has 1 aliphatic rings. The van der Waals surface area contributed by atoms with E-state index in [2.05, 4.69) is 104 Å². The lowest BCUT2D eigenvalue weighted by molar-refractivity contribution is -0.302. The van der Waals surface area contributed by atoms with Crippen LogP contribution in [0.5, 0.6) is 0 Å². The molecule has 1 aliphatic heterocycles. The van der Waals surface area contributed by atoms with Crippen LogP contribution in [0.2, 0.25) is 0 Å². The van der Waals surface area contributed by atoms with Crippen LogP contribution in [0.3, 0.4) is 0 Å². The van der Waals surface area contributed by atoms with Crippen molar-refractivity contribution in [3.8, 4) is 0 Å². The lowest BCUT2D eigenvalue weighted by Gasteiger charge is -2.40. The fraction of sp³-hybridized carbons (Fsp3) is 0.691. The molecule has 7 atom stereocenters. The highest BCUT2D eigenvalue weighted by Crippen LogP contribution is 2.22. The Morgan fingerprint density at radius 3 is 1.50 bits per heavy atom. The first-order valence-electron chi connectivity index (χ1n) is 25.5. The molecule has 9 heteroatoms. The highest BCUT2D eigenvalue weighted by Gasteiger charge is 2.44. The van der Waals surface area contributed by atoms with Crippen molar-refractivity contribution < 1.29 is 39.8 Å². The van der Waals surface area contributed by atoms with E-state index in [9.17, 15) is 30.3 Å². The summed E-state index contributed by atoms with van der Waals surface area (Å²) >= 11 is 0. The first kappa shape index (κ1) is 59.1. The lowest BCUT2D eigenvalue weighted by atomic mass is 9.99. The highest BCUT2D eigenvalue weighted by molar-refractivity contribution is 5.76. The molecule has 6 N–H and O–H groups in total. The van der Waals surface area contributed by atoms with Gasteiger partial charge in [0.2, 0.25) is 5.91 Å². The van der Waals surface area contributed by atoms with Gasteiger partial charge in [-0.3, -0.25) is 4.79 Å². The molecule has 64 heavy (non-hydrogen) atoms. The van der Waals surface area contributed by atoms with E-state index in [0.717, 1.165) is 64.2 Å². The maximum atomic E-state index is 13.0. The summed E-state index contributed by atoms with van der Waals surface area (Å²) < 4.78 is 11.2. The number of nitrogens with one attached hydrogen (secondary N) is 1. The van der Waals surface area contributed by atoms with Gasteiger partial charge in [0.1, 0.15) is 24.4 Å². The molecule has 1 saturated heterocycles. The minimum atomic E-state index is -1.59. The summed E-state index contributed by atoms with van der Waals surface area (Å²) in [5.41, 5.74) is 0. The van der Waals surface area contributed by atoms with E-state index < -0.39 is 49.5 Å². The number of hydrogen-bond donors (Lipinski definition) is 6. The Hall–Kier alpha value is -2.89. The molecule has 0 aromatic carbocycles. The van der Waals surface area contributed by atoms with Gasteiger partial charge in [0.05, 0.1) is 25.4 Å². The number of rotatable bonds is 41. The van der Waals surface area contributed by atoms with E-state index in [1.807, 2.05) is 6.08 Å². The molecule has 7 unspecified atom stereocenters. The van der Waals surface area contributed by atoms with Crippen molar-refractivity contribution in [1.29, 1.82) is 0 Å². The molecular formula is C55H93NO8. The summed E-state index contributed by atoms with van der Waals surface area (Å²) in [6.07, 6.45) is 56.1. The van der Waals surface area contributed by atoms with E-state index in [4.69, 9.17) is 9.47 Å². The SMILES string of the molecule is CC/C=C\C/C=C\C/C=C\C/C=C\C/C=C\CCCC(=O)NC(COC1OC(CO)C(O)C(O)C1O)C(O)/C=C/CC/C=C/CC/C=C/CCCCCCCCCCCCCCCC. The number of carbonyl (C=O) groups excluding carboxylic acids is 1. The minimum Gasteiger partial charge on any atom is -0.394 e. The van der Waals surface area contributed by atoms with Gasteiger partial charge in [-0.2, -0.15) is 0 Å². The maximum Gasteiger partial charge on any atom is 0.220 e. The van der Waals surface area contributed by atoms with E-state index >= 15 is 0 Å². The van der Waals surface area contributed by atoms with Crippen molar-refractivity contribution in [2.24, 2.45) is 0 Å². The Bertz CT molecular complexity index is 1320. The fourth-order valence-electron chi connectivity index (χ4n) is 7.34. The molecule has 0 aliphatic carbocycles. The van der Waals surface area contributed by atoms with Crippen molar-refractivity contribution in [2.45, 2.75) is 230 Å². The smallest absolute Gasteiger partial charge is 0.220 e. The zero-order valence-electron chi connectivity index (χ0n) is 40.2. The van der Waals surface area contributed by atoms with Crippen LogP contribution in [0.1, 0.15) is 187 Å². The molecule has 0 saturated carbocycles. The van der Waals surface area contributed by atoms with Crippen LogP contribution < -0.4 is 5.32 Å². The molecule has 0 radical (unpaired) electrons. The van der Waals surface area contributed by atoms with E-state index in [-0.39, 0.29) is 18.9 Å². The molecule has 0 aromatic heterocycles. The number of unbranched alkanes of at least 4 members (excludes halogenated alkanes) is 17. The van der Waals surface area contributed by atoms with E-state index in [1.165, 1.54) is 89.9 Å². The molecule has 0 aromatic rings. The van der Waals surface area contributed by atoms with Gasteiger partial charge in [-0.25, -0.2) is 0 Å². The summed E-state index contributed by atoms with van der Waals surface area (Å²) in [6.45, 7) is 3.60. The summed E-state index contributed by atoms with van der Waals surface area (Å²) in [5, 5.41) is 54.2. The second-order valence-corrected chi connectivity index (χ2v) is 17.2. The van der Waals surface area contributed by atoms with Gasteiger partial charge in [-0.05, 0) is 83.5 Å². The summed E-state index contributed by atoms with van der Waals surface area (Å²) in [7, 11) is 0. The lowest BCUT2D eigenvalue weighted by Crippen LogP contribution is -2.60. The van der Waals surface area contributed by atoms with Crippen molar-refractivity contribution in [1.82, 2.24) is 5.32 Å². The average molecular weight is 896 g/mol. The number of hydrogen-bond acceptors (Lipinski definition) is 8. The minimum absolute atomic E-state index is 0.235. The van der Waals surface area contributed by atoms with Gasteiger partial charge in [0, 0.05) is 6.42 Å². The Labute approximate surface area is 390 Å². The second kappa shape index (κ2) is 44.0. The van der Waals surface area contributed by atoms with Crippen molar-refractivity contribution >= 4 is 5.91 Å². The molecule has 0 bridgehead atoms. The first-order chi connectivity index (χ1) is 31.3. The molecule has 366 valence electrons. The Morgan fingerprint density at radius 1 is 0.547 bits per heavy atom. The molecule has 9 nitrogen and oxygen atoms in total. The number of aliphatic hydroxyl groups excluding tert-OH is 5. The van der Waals surface area contributed by atoms with Crippen LogP contribution >= 0.6 is 0 Å². The number of amides is 1. The standard InChI is InChI=1S/C55H93NO8/c1-3-5-7-9-11-13-15-17-19-21-22-23-24-25-26-27-29-30-32-34-36-38-40-42-44-49(58)48(47-63-55-54(62)53(61)52(60)50(46-57)64-55)56-51(59)45-43-41-39-37-35-33-31-28-20-18-16-14-12-10-8-6-4-2/h6,8,12,14,18,20,27,29,31,33-34,36-37,39,42,44,48-50,52-55,57-58,60-62H,3-5,7,9-11,13,15-17,19,21-26,28,30,32,35,38,40-41,43,45-47H2,1-2H3,(H,56,59)/b8-6-,14-12-,20-18-,29-27+,33-31-,36-34+,39-37-,44-42+. The molecular weight excluding hydrogens is 803 g/mol. The average Bonchev–Trinajstić information content (AvgIpc) is 3.29. The van der Waals surface area contributed by atoms with Gasteiger partial charge < -0.3 is 40.3 Å². The largest absolute Gasteiger partial charge is 0.394 e. The van der Waals surface area contributed by atoms with Crippen LogP contribution in [-0.2, 0) is 14.3 Å². The number of ether oxygens (including phenoxy) is 2. The van der Waals surface area contributed by atoms with Crippen LogP contribution in [0.25, 0.3) is 0 Å². The monoisotopic (exact) mass is 896 g/mol. The molecule has 1 amide bonds. The number of aliphatic hydroxyl groups is 5. The highest BCUT2D eigenvalue weighted by atomic mass is 16.7. The number of allylic oxidation sites excluding steroid dienone is 15. The third kappa shape index (κ3) is 33.6. The van der Waals surface area contributed by atoms with Crippen LogP contribution in [0.15, 0.2) is 97.2 Å². The summed E-state index contributed by atoms with van der Waals surface area (Å²) in [4.78, 5) is 13.0. The van der Waals surface area contributed by atoms with E-state index in [1.54, 1.807) is 6.08 Å². The third-order valence-corrected chi connectivity index (χ3v) is 11.4. The fourth-order valence-corrected chi connectivity index (χ4v) is 7.34. The van der Waals surface area contributed by atoms with E-state index in [0.29, 0.717) is 12.8 Å². The van der Waals surface area contributed by atoms with Crippen molar-refractivity contribution in [2.75, 3.05) is 13.2 Å². The molecule has 1 rings (SSSR count). The van der Waals surface area contributed by atoms with Gasteiger partial charge in [-0.15, -0.1) is 0 Å². The normalized spacial score (nSPS) is 20.9. The first-order valence-corrected chi connectivity index (χ1v) is 25.5. The Kier molecular flexibility index (Phi) is 40.6. The zero-order valence-corrected chi connectivity index (χ0v) is 40.2. The molecule has 1 heterocycles. The number of carbonyl (C=O) groups is 1. The van der Waals surface area contributed by atoms with Gasteiger partial charge in [0.25, 0.3) is 0 Å². The summed E-state index contributed by atoms with van der Waals surface area (Å²) in [5.74, 6) is -0.251. The van der Waals surface area contributed by atoms with Crippen LogP contribution in [0.4, 0.5) is 0 Å². The van der Waals surface area contributed by atoms with Crippen LogP contribution in [0, 0.1) is 0 Å². The predicted molar refractivity (Wildman–Crippen MR) is 267 cm³/mol. The van der Waals surface area contributed by atoms with Crippen LogP contribution in [-0.4, -0.2) is 87.5 Å². The Balaban J connectivity index is 2.38. The predicted octanol–water partition coefficient (Wildman–Crippen LogP) is 11.7. The van der Waals surface area contributed by atoms with Crippen molar-refractivity contribution in [3.63, 3.8) is 0 Å². The molecule has 0 spiro atoms. The van der Waals surface area contributed by atoms with Gasteiger partial charge >= 0.3 is 0 Å². The zero-order chi connectivity index (χ0) is 46.6. The topological polar surface area (TPSA) is 149 Å². The van der Waals surface area contributed by atoms with Crippen molar-refractivity contribution in [3.05, 3.63) is 97.2 Å². The maximum absolute atomic E-state index is 13.0. The second-order valence-electron chi connectivity index (χ2n) is 17.2. The third-order valence-electron chi connectivity index (χ3n) is 11.4. The Morgan fingerprint density at radius 2 is 0.984 bits per heavy atom.